The van der Waals surface area contributed by atoms with E-state index in [4.69, 9.17) is 0 Å². The molecule has 1 spiro atoms. The molecule has 2 N–H and O–H groups in total. The molecule has 3 fully saturated rings. The van der Waals surface area contributed by atoms with Crippen LogP contribution in [-0.2, 0) is 13.1 Å². The van der Waals surface area contributed by atoms with Crippen LogP contribution in [0, 0.1) is 5.41 Å². The Morgan fingerprint density at radius 2 is 1.82 bits per heavy atom. The van der Waals surface area contributed by atoms with Gasteiger partial charge in [-0.1, -0.05) is 31.4 Å². The molecular weight excluding hydrogens is 474 g/mol. The summed E-state index contributed by atoms with van der Waals surface area (Å²) in [6, 6.07) is 9.12. The number of hydrogen-bond acceptors (Lipinski definition) is 6. The molecule has 3 aliphatic heterocycles. The van der Waals surface area contributed by atoms with E-state index in [1.807, 2.05) is 17.0 Å². The molecule has 0 radical (unpaired) electrons. The highest BCUT2D eigenvalue weighted by atomic mass is 16.2. The van der Waals surface area contributed by atoms with Gasteiger partial charge in [0.1, 0.15) is 11.7 Å². The van der Waals surface area contributed by atoms with Gasteiger partial charge >= 0.3 is 0 Å². The fourth-order valence-corrected chi connectivity index (χ4v) is 7.07. The third kappa shape index (κ3) is 5.96. The van der Waals surface area contributed by atoms with E-state index in [0.717, 1.165) is 37.3 Å². The molecule has 0 unspecified atom stereocenters. The van der Waals surface area contributed by atoms with E-state index < -0.39 is 0 Å². The zero-order valence-electron chi connectivity index (χ0n) is 22.7. The molecule has 6 rings (SSSR count). The van der Waals surface area contributed by atoms with E-state index in [2.05, 4.69) is 42.2 Å². The Kier molecular flexibility index (Phi) is 7.79. The molecule has 1 amide bonds. The van der Waals surface area contributed by atoms with Gasteiger partial charge in [-0.15, -0.1) is 0 Å². The number of imidazole rings is 1. The van der Waals surface area contributed by atoms with Crippen LogP contribution in [0.1, 0.15) is 73.1 Å². The Labute approximate surface area is 226 Å². The summed E-state index contributed by atoms with van der Waals surface area (Å²) in [5.41, 5.74) is 2.52. The Hall–Kier alpha value is -2.71. The molecule has 0 atom stereocenters. The van der Waals surface area contributed by atoms with Gasteiger partial charge in [0.05, 0.1) is 19.6 Å². The molecule has 8 nitrogen and oxygen atoms in total. The number of aromatic nitrogens is 2. The number of hydrogen-bond donors (Lipinski definition) is 2. The van der Waals surface area contributed by atoms with Crippen LogP contribution in [0.3, 0.4) is 0 Å². The van der Waals surface area contributed by atoms with Gasteiger partial charge in [0.25, 0.3) is 5.91 Å². The number of aromatic amines is 1. The number of piperidine rings is 1. The second-order valence-corrected chi connectivity index (χ2v) is 11.9. The third-order valence-electron chi connectivity index (χ3n) is 9.34. The number of nitrogens with zero attached hydrogens (tertiary/aromatic N) is 5. The number of aliphatic imine (C=N–C) groups is 1. The van der Waals surface area contributed by atoms with Gasteiger partial charge in [-0.05, 0) is 74.8 Å². The van der Waals surface area contributed by atoms with Gasteiger partial charge < -0.3 is 20.1 Å². The average molecular weight is 518 g/mol. The van der Waals surface area contributed by atoms with E-state index in [0.29, 0.717) is 24.1 Å². The molecule has 2 saturated heterocycles. The summed E-state index contributed by atoms with van der Waals surface area (Å²) in [5.74, 6) is 1.66. The molecule has 2 aromatic rings. The van der Waals surface area contributed by atoms with Crippen LogP contribution in [-0.4, -0.2) is 88.3 Å². The summed E-state index contributed by atoms with van der Waals surface area (Å²) in [7, 11) is 0. The fraction of sp³-hybridized carbons (Fsp3) is 0.633. The molecule has 0 bridgehead atoms. The van der Waals surface area contributed by atoms with E-state index in [9.17, 15) is 4.79 Å². The maximum absolute atomic E-state index is 13.4. The minimum Gasteiger partial charge on any atom is -0.370 e. The van der Waals surface area contributed by atoms with Crippen molar-refractivity contribution in [1.82, 2.24) is 30.0 Å². The van der Waals surface area contributed by atoms with Crippen molar-refractivity contribution in [3.63, 3.8) is 0 Å². The summed E-state index contributed by atoms with van der Waals surface area (Å²) >= 11 is 0. The predicted octanol–water partition coefficient (Wildman–Crippen LogP) is 3.67. The first-order valence-electron chi connectivity index (χ1n) is 14.8. The van der Waals surface area contributed by atoms with E-state index in [1.54, 1.807) is 12.4 Å². The smallest absolute Gasteiger partial charge is 0.254 e. The van der Waals surface area contributed by atoms with Gasteiger partial charge in [0, 0.05) is 43.6 Å². The lowest BCUT2D eigenvalue weighted by molar-refractivity contribution is 0.0615. The number of benzene rings is 1. The number of amides is 1. The van der Waals surface area contributed by atoms with Gasteiger partial charge in [-0.25, -0.2) is 4.98 Å². The molecule has 1 aromatic carbocycles. The lowest BCUT2D eigenvalue weighted by atomic mass is 9.77. The molecule has 4 heterocycles. The Bertz CT molecular complexity index is 1080. The van der Waals surface area contributed by atoms with Gasteiger partial charge in [0.2, 0.25) is 0 Å². The molecule has 204 valence electrons. The number of rotatable bonds is 8. The van der Waals surface area contributed by atoms with Crippen LogP contribution in [0.5, 0.6) is 0 Å². The maximum atomic E-state index is 13.4. The highest BCUT2D eigenvalue weighted by Gasteiger charge is 2.41. The third-order valence-corrected chi connectivity index (χ3v) is 9.34. The molecule has 8 heteroatoms. The van der Waals surface area contributed by atoms with E-state index in [-0.39, 0.29) is 5.91 Å². The van der Waals surface area contributed by atoms with Crippen molar-refractivity contribution in [2.75, 3.05) is 45.8 Å². The maximum Gasteiger partial charge on any atom is 0.254 e. The Morgan fingerprint density at radius 1 is 1.03 bits per heavy atom. The zero-order chi connectivity index (χ0) is 25.8. The summed E-state index contributed by atoms with van der Waals surface area (Å²) in [6.45, 7) is 8.48. The second-order valence-electron chi connectivity index (χ2n) is 11.9. The normalized spacial score (nSPS) is 22.5. The van der Waals surface area contributed by atoms with Crippen LogP contribution < -0.4 is 5.32 Å². The van der Waals surface area contributed by atoms with Crippen molar-refractivity contribution in [2.45, 2.75) is 70.5 Å². The van der Waals surface area contributed by atoms with Crippen molar-refractivity contribution >= 4 is 11.7 Å². The Morgan fingerprint density at radius 3 is 2.53 bits per heavy atom. The van der Waals surface area contributed by atoms with Crippen LogP contribution >= 0.6 is 0 Å². The summed E-state index contributed by atoms with van der Waals surface area (Å²) in [5, 5.41) is 3.28. The lowest BCUT2D eigenvalue weighted by Crippen LogP contribution is -2.46. The number of H-pyrrole nitrogens is 1. The van der Waals surface area contributed by atoms with Crippen LogP contribution in [0.4, 0.5) is 0 Å². The van der Waals surface area contributed by atoms with Gasteiger partial charge in [-0.2, -0.15) is 0 Å². The molecule has 1 aliphatic carbocycles. The van der Waals surface area contributed by atoms with Crippen LogP contribution in [0.2, 0.25) is 0 Å². The Balaban J connectivity index is 1.03. The fourth-order valence-electron chi connectivity index (χ4n) is 7.07. The first-order chi connectivity index (χ1) is 18.7. The number of likely N-dealkylation sites (tertiary alicyclic amines) is 2. The molecule has 1 aromatic heterocycles. The molecule has 1 saturated carbocycles. The van der Waals surface area contributed by atoms with Crippen LogP contribution in [0.25, 0.3) is 0 Å². The molecule has 38 heavy (non-hydrogen) atoms. The van der Waals surface area contributed by atoms with Crippen molar-refractivity contribution in [3.05, 3.63) is 53.6 Å². The van der Waals surface area contributed by atoms with Gasteiger partial charge in [0.15, 0.2) is 0 Å². The van der Waals surface area contributed by atoms with Crippen molar-refractivity contribution in [2.24, 2.45) is 10.4 Å². The van der Waals surface area contributed by atoms with Crippen molar-refractivity contribution in [1.29, 1.82) is 0 Å². The first-order valence-corrected chi connectivity index (χ1v) is 14.8. The monoisotopic (exact) mass is 517 g/mol. The second kappa shape index (κ2) is 11.6. The average Bonchev–Trinajstić information content (AvgIpc) is 3.74. The summed E-state index contributed by atoms with van der Waals surface area (Å²) < 4.78 is 0. The number of amidine groups is 1. The SMILES string of the molecule is O=C(c1ccc(CN2CCC3(CCN(C4CCCCC4)CC3)C2)cc1)N(CC1=NCCN1)Cc1ncc[nH]1. The summed E-state index contributed by atoms with van der Waals surface area (Å²) in [4.78, 5) is 32.6. The lowest BCUT2D eigenvalue weighted by Gasteiger charge is -2.43. The molecular formula is C30H43N7O. The molecule has 4 aliphatic rings. The highest BCUT2D eigenvalue weighted by Crippen LogP contribution is 2.42. The highest BCUT2D eigenvalue weighted by molar-refractivity contribution is 5.97. The van der Waals surface area contributed by atoms with Crippen molar-refractivity contribution in [3.8, 4) is 0 Å². The topological polar surface area (TPSA) is 79.9 Å². The van der Waals surface area contributed by atoms with E-state index in [1.165, 1.54) is 83.1 Å². The van der Waals surface area contributed by atoms with E-state index >= 15 is 0 Å². The summed E-state index contributed by atoms with van der Waals surface area (Å²) in [6.07, 6.45) is 14.7. The first kappa shape index (κ1) is 25.6. The minimum absolute atomic E-state index is 0.00852. The largest absolute Gasteiger partial charge is 0.370 e. The minimum atomic E-state index is 0.00852. The quantitative estimate of drug-likeness (QED) is 0.559. The van der Waals surface area contributed by atoms with Crippen LogP contribution in [0.15, 0.2) is 41.7 Å². The number of carbonyl (C=O) groups excluding carboxylic acids is 1. The zero-order valence-corrected chi connectivity index (χ0v) is 22.7. The van der Waals surface area contributed by atoms with Crippen molar-refractivity contribution < 1.29 is 4.79 Å². The predicted molar refractivity (Wildman–Crippen MR) is 150 cm³/mol. The van der Waals surface area contributed by atoms with Gasteiger partial charge in [-0.3, -0.25) is 14.7 Å². The number of carbonyl (C=O) groups is 1. The standard InChI is InChI=1S/C30H43N7O/c38-29(37(21-27-31-13-14-32-27)22-28-33-15-16-34-28)25-8-6-24(7-9-25)20-35-17-10-30(23-35)11-18-36(19-12-30)26-4-2-1-3-5-26/h6-9,13-14,26H,1-5,10-12,15-23H2,(H,31,32)(H,33,34). The number of nitrogens with one attached hydrogen (secondary N) is 2.